The van der Waals surface area contributed by atoms with Crippen molar-refractivity contribution in [3.8, 4) is 28.7 Å². The summed E-state index contributed by atoms with van der Waals surface area (Å²) in [4.78, 5) is 0. The van der Waals surface area contributed by atoms with Crippen LogP contribution in [0.1, 0.15) is 20.3 Å². The van der Waals surface area contributed by atoms with Crippen LogP contribution in [-0.2, 0) is 4.74 Å². The Labute approximate surface area is 222 Å². The van der Waals surface area contributed by atoms with E-state index in [1.165, 1.54) is 0 Å². The van der Waals surface area contributed by atoms with E-state index in [1.807, 2.05) is 43.3 Å². The van der Waals surface area contributed by atoms with Crippen LogP contribution in [-0.4, -0.2) is 13.4 Å². The maximum absolute atomic E-state index is 6.60. The largest absolute Gasteiger partial charge is 0.463 e. The third-order valence-corrected chi connectivity index (χ3v) is 8.11. The quantitative estimate of drug-likeness (QED) is 0.314. The van der Waals surface area contributed by atoms with Crippen LogP contribution in [0, 0.1) is 5.92 Å². The van der Waals surface area contributed by atoms with E-state index in [-0.39, 0.29) is 13.4 Å². The summed E-state index contributed by atoms with van der Waals surface area (Å²) in [6.45, 7) is 8.51. The van der Waals surface area contributed by atoms with E-state index < -0.39 is 0 Å². The van der Waals surface area contributed by atoms with Crippen LogP contribution in [0.4, 0.5) is 0 Å². The first-order valence-electron chi connectivity index (χ1n) is 13.2. The molecule has 0 spiro atoms. The third-order valence-electron chi connectivity index (χ3n) is 8.11. The smallest absolute Gasteiger partial charge is 0.260 e. The van der Waals surface area contributed by atoms with Crippen LogP contribution >= 0.6 is 0 Å². The number of fused-ring (bicyclic) bond motifs is 6. The molecule has 3 aromatic rings. The molecule has 4 aliphatic heterocycles. The van der Waals surface area contributed by atoms with Gasteiger partial charge in [0.05, 0.1) is 0 Å². The molecule has 8 rings (SSSR count). The Kier molecular flexibility index (Phi) is 4.49. The number of rotatable bonds is 1. The van der Waals surface area contributed by atoms with Gasteiger partial charge >= 0.3 is 0 Å². The Hall–Kier alpha value is -4.31. The van der Waals surface area contributed by atoms with E-state index in [0.717, 1.165) is 79.5 Å². The molecule has 0 radical (unpaired) electrons. The fourth-order valence-electron chi connectivity index (χ4n) is 6.53. The topological polar surface area (TPSA) is 36.9 Å². The summed E-state index contributed by atoms with van der Waals surface area (Å²) in [7, 11) is 0. The van der Waals surface area contributed by atoms with Gasteiger partial charge < -0.3 is 18.9 Å². The minimum atomic E-state index is -0.0259. The van der Waals surface area contributed by atoms with Crippen LogP contribution in [0.5, 0.6) is 28.7 Å². The van der Waals surface area contributed by atoms with Crippen molar-refractivity contribution in [2.24, 2.45) is 5.92 Å². The van der Waals surface area contributed by atoms with E-state index >= 15 is 0 Å². The fourth-order valence-corrected chi connectivity index (χ4v) is 6.53. The molecule has 0 saturated heterocycles. The molecule has 6 heteroatoms. The molecule has 4 heterocycles. The summed E-state index contributed by atoms with van der Waals surface area (Å²) >= 11 is 0. The lowest BCUT2D eigenvalue weighted by Crippen LogP contribution is -2.59. The Morgan fingerprint density at radius 2 is 1.55 bits per heavy atom. The number of para-hydroxylation sites is 1. The fraction of sp³-hybridized carbons (Fsp3) is 0.125. The predicted molar refractivity (Wildman–Crippen MR) is 152 cm³/mol. The van der Waals surface area contributed by atoms with Crippen molar-refractivity contribution in [2.75, 3.05) is 0 Å². The number of hydrogen-bond acceptors (Lipinski definition) is 4. The van der Waals surface area contributed by atoms with Gasteiger partial charge in [0.2, 0.25) is 0 Å². The minimum absolute atomic E-state index is 0.00276. The average molecular weight is 494 g/mol. The summed E-state index contributed by atoms with van der Waals surface area (Å²) < 4.78 is 25.7. The zero-order valence-corrected chi connectivity index (χ0v) is 21.3. The molecule has 38 heavy (non-hydrogen) atoms. The van der Waals surface area contributed by atoms with Crippen LogP contribution in [0.3, 0.4) is 0 Å². The summed E-state index contributed by atoms with van der Waals surface area (Å²) in [5, 5.41) is 0. The lowest BCUT2D eigenvalue weighted by atomic mass is 9.30. The first-order valence-corrected chi connectivity index (χ1v) is 13.2. The highest BCUT2D eigenvalue weighted by atomic mass is 16.5. The molecular formula is C32H24B2O4. The van der Waals surface area contributed by atoms with Gasteiger partial charge in [-0.1, -0.05) is 62.1 Å². The van der Waals surface area contributed by atoms with Gasteiger partial charge in [0.15, 0.2) is 0 Å². The highest BCUT2D eigenvalue weighted by molar-refractivity contribution is 6.99. The van der Waals surface area contributed by atoms with Gasteiger partial charge in [0, 0.05) is 23.4 Å². The molecule has 0 amide bonds. The molecule has 3 aromatic carbocycles. The molecule has 1 aliphatic carbocycles. The van der Waals surface area contributed by atoms with Gasteiger partial charge in [0.25, 0.3) is 13.4 Å². The second-order valence-electron chi connectivity index (χ2n) is 10.5. The van der Waals surface area contributed by atoms with Crippen molar-refractivity contribution in [1.29, 1.82) is 0 Å². The maximum atomic E-state index is 6.60. The van der Waals surface area contributed by atoms with Crippen LogP contribution in [0.25, 0.3) is 0 Å². The average Bonchev–Trinajstić information content (AvgIpc) is 2.91. The third kappa shape index (κ3) is 2.94. The van der Waals surface area contributed by atoms with Crippen molar-refractivity contribution in [2.45, 2.75) is 20.3 Å². The predicted octanol–water partition coefficient (Wildman–Crippen LogP) is 4.81. The normalized spacial score (nSPS) is 20.8. The molecule has 0 aromatic heterocycles. The Balaban J connectivity index is 1.39. The molecule has 0 bridgehead atoms. The van der Waals surface area contributed by atoms with Crippen molar-refractivity contribution < 1.29 is 18.9 Å². The molecule has 1 atom stereocenters. The van der Waals surface area contributed by atoms with Crippen molar-refractivity contribution >= 4 is 35.3 Å². The van der Waals surface area contributed by atoms with Gasteiger partial charge in [-0.2, -0.15) is 0 Å². The van der Waals surface area contributed by atoms with Gasteiger partial charge in [0.1, 0.15) is 46.0 Å². The summed E-state index contributed by atoms with van der Waals surface area (Å²) in [5.41, 5.74) is 6.60. The highest BCUT2D eigenvalue weighted by Crippen LogP contribution is 2.45. The SMILES string of the molecule is C=C1OC2=C3B(/C1=C/C=C\C)c1cc4c(cc1OC3=CC(C)C2)Oc1cccc2c1B4c1ccccc1O2. The molecule has 5 aliphatic rings. The second-order valence-corrected chi connectivity index (χ2v) is 10.5. The number of ether oxygens (including phenoxy) is 4. The van der Waals surface area contributed by atoms with Crippen molar-refractivity contribution in [3.05, 3.63) is 114 Å². The first kappa shape index (κ1) is 21.7. The lowest BCUT2D eigenvalue weighted by molar-refractivity contribution is 0.276. The summed E-state index contributed by atoms with van der Waals surface area (Å²) in [5.74, 6) is 7.05. The molecular weight excluding hydrogens is 470 g/mol. The van der Waals surface area contributed by atoms with E-state index in [4.69, 9.17) is 18.9 Å². The second kappa shape index (κ2) is 7.84. The van der Waals surface area contributed by atoms with E-state index in [9.17, 15) is 0 Å². The number of benzene rings is 3. The first-order chi connectivity index (χ1) is 18.6. The van der Waals surface area contributed by atoms with Crippen LogP contribution in [0.15, 0.2) is 114 Å². The molecule has 0 N–H and O–H groups in total. The van der Waals surface area contributed by atoms with Gasteiger partial charge in [-0.25, -0.2) is 0 Å². The van der Waals surface area contributed by atoms with E-state index in [2.05, 4.69) is 56.0 Å². The Morgan fingerprint density at radius 1 is 0.816 bits per heavy atom. The highest BCUT2D eigenvalue weighted by Gasteiger charge is 2.47. The van der Waals surface area contributed by atoms with Gasteiger partial charge in [-0.05, 0) is 59.0 Å². The number of hydrogen-bond donors (Lipinski definition) is 0. The Bertz CT molecular complexity index is 1710. The molecule has 182 valence electrons. The molecule has 4 nitrogen and oxygen atoms in total. The molecule has 1 unspecified atom stereocenters. The van der Waals surface area contributed by atoms with E-state index in [1.54, 1.807) is 0 Å². The summed E-state index contributed by atoms with van der Waals surface area (Å²) in [6, 6.07) is 18.7. The minimum Gasteiger partial charge on any atom is -0.463 e. The molecule has 0 saturated carbocycles. The van der Waals surface area contributed by atoms with E-state index in [0.29, 0.717) is 11.7 Å². The van der Waals surface area contributed by atoms with Crippen molar-refractivity contribution in [3.63, 3.8) is 0 Å². The lowest BCUT2D eigenvalue weighted by Gasteiger charge is -2.40. The van der Waals surface area contributed by atoms with Crippen LogP contribution < -0.4 is 36.1 Å². The number of allylic oxidation sites excluding steroid dienone is 7. The van der Waals surface area contributed by atoms with Gasteiger partial charge in [-0.15, -0.1) is 0 Å². The summed E-state index contributed by atoms with van der Waals surface area (Å²) in [6.07, 6.45) is 9.26. The zero-order chi connectivity index (χ0) is 25.5. The van der Waals surface area contributed by atoms with Crippen molar-refractivity contribution in [1.82, 2.24) is 0 Å². The van der Waals surface area contributed by atoms with Gasteiger partial charge in [-0.3, -0.25) is 0 Å². The standard InChI is InChI=1S/C32H24B2O4/c1-4-5-9-20-19(3)35-29-14-18(2)15-30-32(29)33(20)22-16-23-27(17-28(22)38-30)37-26-13-8-12-25-31(26)34(23)21-10-6-7-11-24(21)36-25/h4-13,15-18H,3,14H2,1-2H3/b5-4-,20-9+. The monoisotopic (exact) mass is 494 g/mol. The maximum Gasteiger partial charge on any atom is 0.260 e. The van der Waals surface area contributed by atoms with Crippen LogP contribution in [0.2, 0.25) is 0 Å². The zero-order valence-electron chi connectivity index (χ0n) is 21.3. The molecule has 0 fully saturated rings. The Morgan fingerprint density at radius 3 is 2.39 bits per heavy atom.